The van der Waals surface area contributed by atoms with Gasteiger partial charge in [0.1, 0.15) is 5.84 Å². The summed E-state index contributed by atoms with van der Waals surface area (Å²) in [5.41, 5.74) is 3.58. The molecule has 1 N–H and O–H groups in total. The molecule has 0 saturated carbocycles. The van der Waals surface area contributed by atoms with Crippen LogP contribution < -0.4 is 0 Å². The third-order valence-corrected chi connectivity index (χ3v) is 11.3. The van der Waals surface area contributed by atoms with Gasteiger partial charge in [0.05, 0.1) is 6.54 Å². The van der Waals surface area contributed by atoms with Crippen LogP contribution in [0.4, 0.5) is 0 Å². The van der Waals surface area contributed by atoms with E-state index in [2.05, 4.69) is 0 Å². The van der Waals surface area contributed by atoms with Crippen molar-refractivity contribution in [3.63, 3.8) is 0 Å². The zero-order valence-corrected chi connectivity index (χ0v) is 20.3. The Balaban J connectivity index is 1.41. The SMILES string of the molecule is CN(C)C(=N)c1ccc(CN2CCN(S(=O)(=O)S3=Cc4cc(Cl)ccc4C3)CC2=O)cc1. The van der Waals surface area contributed by atoms with Gasteiger partial charge in [-0.05, 0) is 34.2 Å². The fourth-order valence-electron chi connectivity index (χ4n) is 3.71. The number of hydrogen-bond donors (Lipinski definition) is 1. The molecule has 170 valence electrons. The maximum Gasteiger partial charge on any atom is 0.262 e. The van der Waals surface area contributed by atoms with Gasteiger partial charge in [-0.3, -0.25) is 10.2 Å². The molecule has 0 bridgehead atoms. The van der Waals surface area contributed by atoms with Crippen LogP contribution in [0.2, 0.25) is 5.02 Å². The van der Waals surface area contributed by atoms with E-state index in [1.807, 2.05) is 44.4 Å². The predicted molar refractivity (Wildman–Crippen MR) is 131 cm³/mol. The van der Waals surface area contributed by atoms with Gasteiger partial charge < -0.3 is 9.80 Å². The molecule has 0 spiro atoms. The fourth-order valence-corrected chi connectivity index (χ4v) is 8.85. The molecule has 2 aliphatic rings. The summed E-state index contributed by atoms with van der Waals surface area (Å²) in [5.74, 6) is 0.645. The molecule has 0 aliphatic carbocycles. The van der Waals surface area contributed by atoms with Crippen molar-refractivity contribution in [2.75, 3.05) is 33.7 Å². The van der Waals surface area contributed by atoms with Gasteiger partial charge in [0.25, 0.3) is 9.06 Å². The van der Waals surface area contributed by atoms with Gasteiger partial charge in [-0.2, -0.15) is 4.31 Å². The smallest absolute Gasteiger partial charge is 0.262 e. The molecular formula is C22H25ClN4O3S2. The second-order valence-corrected chi connectivity index (χ2v) is 13.7. The third-order valence-electron chi connectivity index (χ3n) is 5.58. The summed E-state index contributed by atoms with van der Waals surface area (Å²) in [6, 6.07) is 13.0. The number of piperazine rings is 1. The highest BCUT2D eigenvalue weighted by Crippen LogP contribution is 2.38. The molecule has 10 heteroatoms. The van der Waals surface area contributed by atoms with Crippen LogP contribution in [0.3, 0.4) is 0 Å². The molecule has 1 amide bonds. The Bertz CT molecular complexity index is 1210. The van der Waals surface area contributed by atoms with E-state index in [0.29, 0.717) is 29.7 Å². The monoisotopic (exact) mass is 492 g/mol. The summed E-state index contributed by atoms with van der Waals surface area (Å²) in [7, 11) is -0.964. The number of benzene rings is 2. The lowest BCUT2D eigenvalue weighted by Gasteiger charge is -2.34. The van der Waals surface area contributed by atoms with Crippen LogP contribution in [0.25, 0.3) is 0 Å². The van der Waals surface area contributed by atoms with E-state index in [1.165, 1.54) is 4.31 Å². The minimum Gasteiger partial charge on any atom is -0.363 e. The second-order valence-electron chi connectivity index (χ2n) is 8.03. The number of carbonyl (C=O) groups is 1. The van der Waals surface area contributed by atoms with Crippen molar-refractivity contribution in [2.45, 2.75) is 12.3 Å². The van der Waals surface area contributed by atoms with Crippen molar-refractivity contribution in [1.29, 1.82) is 5.41 Å². The summed E-state index contributed by atoms with van der Waals surface area (Å²) < 4.78 is 27.7. The Morgan fingerprint density at radius 3 is 2.53 bits per heavy atom. The maximum absolute atomic E-state index is 13.2. The number of amides is 1. The topological polar surface area (TPSA) is 84.8 Å². The molecule has 2 aromatic carbocycles. The lowest BCUT2D eigenvalue weighted by atomic mass is 10.1. The average molecular weight is 493 g/mol. The number of amidine groups is 1. The van der Waals surface area contributed by atoms with Gasteiger partial charge in [-0.15, -0.1) is 0 Å². The van der Waals surface area contributed by atoms with Gasteiger partial charge >= 0.3 is 0 Å². The first-order valence-corrected chi connectivity index (χ1v) is 13.9. The number of hydrogen-bond acceptors (Lipinski definition) is 4. The highest BCUT2D eigenvalue weighted by Gasteiger charge is 2.35. The first-order chi connectivity index (χ1) is 15.1. The van der Waals surface area contributed by atoms with Crippen LogP contribution in [0, 0.1) is 5.41 Å². The van der Waals surface area contributed by atoms with Crippen molar-refractivity contribution in [3.05, 3.63) is 69.7 Å². The number of carbonyl (C=O) groups excluding carboxylic acids is 1. The van der Waals surface area contributed by atoms with Gasteiger partial charge in [-0.1, -0.05) is 51.4 Å². The van der Waals surface area contributed by atoms with Gasteiger partial charge in [0.2, 0.25) is 5.91 Å². The zero-order valence-electron chi connectivity index (χ0n) is 17.9. The minimum absolute atomic E-state index is 0.139. The van der Waals surface area contributed by atoms with Crippen LogP contribution in [0.5, 0.6) is 0 Å². The molecule has 1 atom stereocenters. The molecule has 1 fully saturated rings. The molecule has 2 aliphatic heterocycles. The van der Waals surface area contributed by atoms with E-state index in [4.69, 9.17) is 17.0 Å². The van der Waals surface area contributed by atoms with Crippen molar-refractivity contribution < 1.29 is 13.2 Å². The van der Waals surface area contributed by atoms with Crippen molar-refractivity contribution in [1.82, 2.24) is 14.1 Å². The van der Waals surface area contributed by atoms with Crippen LogP contribution >= 0.6 is 21.1 Å². The molecule has 32 heavy (non-hydrogen) atoms. The zero-order chi connectivity index (χ0) is 23.0. The lowest BCUT2D eigenvalue weighted by Crippen LogP contribution is -2.51. The summed E-state index contributed by atoms with van der Waals surface area (Å²) >= 11 is 6.03. The normalized spacial score (nSPS) is 18.9. The summed E-state index contributed by atoms with van der Waals surface area (Å²) in [6.07, 6.45) is 0. The van der Waals surface area contributed by atoms with Gasteiger partial charge in [0, 0.05) is 50.1 Å². The quantitative estimate of drug-likeness (QED) is 0.301. The molecule has 1 saturated heterocycles. The largest absolute Gasteiger partial charge is 0.363 e. The number of halogens is 1. The number of nitrogens with zero attached hydrogens (tertiary/aromatic N) is 3. The van der Waals surface area contributed by atoms with Crippen molar-refractivity contribution in [3.8, 4) is 0 Å². The van der Waals surface area contributed by atoms with Crippen LogP contribution in [-0.2, 0) is 26.1 Å². The Labute approximate surface area is 195 Å². The fraction of sp³-hybridized carbons (Fsp3) is 0.318. The van der Waals surface area contributed by atoms with Crippen LogP contribution in [0.1, 0.15) is 22.3 Å². The molecule has 2 aromatic rings. The first-order valence-electron chi connectivity index (χ1n) is 10.1. The minimum atomic E-state index is -3.61. The number of fused-ring (bicyclic) bond motifs is 1. The van der Waals surface area contributed by atoms with Gasteiger partial charge in [0.15, 0.2) is 0 Å². The summed E-state index contributed by atoms with van der Waals surface area (Å²) in [5, 5.41) is 10.4. The van der Waals surface area contributed by atoms with E-state index in [0.717, 1.165) is 22.3 Å². The third kappa shape index (κ3) is 4.61. The predicted octanol–water partition coefficient (Wildman–Crippen LogP) is 2.75. The maximum atomic E-state index is 13.2. The van der Waals surface area contributed by atoms with E-state index < -0.39 is 18.6 Å². The highest BCUT2D eigenvalue weighted by molar-refractivity contribution is 8.78. The Kier molecular flexibility index (Phi) is 6.44. The van der Waals surface area contributed by atoms with E-state index >= 15 is 0 Å². The number of nitrogens with one attached hydrogen (secondary N) is 1. The first kappa shape index (κ1) is 23.0. The molecule has 2 heterocycles. The lowest BCUT2D eigenvalue weighted by molar-refractivity contribution is -0.134. The molecule has 0 radical (unpaired) electrons. The molecule has 4 rings (SSSR count). The van der Waals surface area contributed by atoms with E-state index in [1.54, 1.807) is 27.3 Å². The summed E-state index contributed by atoms with van der Waals surface area (Å²) in [4.78, 5) is 16.2. The average Bonchev–Trinajstić information content (AvgIpc) is 3.19. The van der Waals surface area contributed by atoms with Crippen LogP contribution in [0.15, 0.2) is 42.5 Å². The molecule has 1 unspecified atom stereocenters. The van der Waals surface area contributed by atoms with E-state index in [-0.39, 0.29) is 19.0 Å². The molecule has 0 aromatic heterocycles. The molecular weight excluding hydrogens is 468 g/mol. The number of rotatable bonds is 5. The van der Waals surface area contributed by atoms with E-state index in [9.17, 15) is 13.2 Å². The Morgan fingerprint density at radius 2 is 1.88 bits per heavy atom. The standard InChI is InChI=1S/C22H25ClN4O3S2/c1-25(2)22(24)17-5-3-16(4-6-17)12-26-9-10-27(13-21(26)28)32(29,30)31-14-18-7-8-20(23)11-19(18)15-31/h3-8,11,15,24H,9-10,12-14H2,1-2H3. The highest BCUT2D eigenvalue weighted by atomic mass is 35.5. The van der Waals surface area contributed by atoms with Gasteiger partial charge in [-0.25, -0.2) is 8.42 Å². The second kappa shape index (κ2) is 8.97. The summed E-state index contributed by atoms with van der Waals surface area (Å²) in [6.45, 7) is 0.916. The Hall–Kier alpha value is -2.20. The Morgan fingerprint density at radius 1 is 1.16 bits per heavy atom. The van der Waals surface area contributed by atoms with Crippen LogP contribution in [-0.4, -0.2) is 73.4 Å². The van der Waals surface area contributed by atoms with Crippen molar-refractivity contribution in [2.24, 2.45) is 0 Å². The molecule has 7 nitrogen and oxygen atoms in total. The van der Waals surface area contributed by atoms with Crippen molar-refractivity contribution >= 4 is 47.3 Å².